The van der Waals surface area contributed by atoms with E-state index in [0.717, 1.165) is 12.8 Å². The van der Waals surface area contributed by atoms with Crippen molar-refractivity contribution in [3.63, 3.8) is 0 Å². The van der Waals surface area contributed by atoms with E-state index in [1.165, 1.54) is 99.4 Å². The molecule has 0 saturated carbocycles. The van der Waals surface area contributed by atoms with E-state index >= 15 is 0 Å². The molecule has 53 heavy (non-hydrogen) atoms. The molecule has 2 aliphatic carbocycles. The molecule has 0 radical (unpaired) electrons. The van der Waals surface area contributed by atoms with E-state index in [-0.39, 0.29) is 5.41 Å². The number of benzene rings is 8. The number of hydrogen-bond acceptors (Lipinski definition) is 0. The van der Waals surface area contributed by atoms with Gasteiger partial charge in [0, 0.05) is 5.41 Å². The van der Waals surface area contributed by atoms with Gasteiger partial charge in [0.1, 0.15) is 0 Å². The molecule has 0 amide bonds. The van der Waals surface area contributed by atoms with Gasteiger partial charge in [-0.15, -0.1) is 0 Å². The van der Waals surface area contributed by atoms with Gasteiger partial charge in [-0.1, -0.05) is 185 Å². The number of hydrogen-bond donors (Lipinski definition) is 0. The quantitative estimate of drug-likeness (QED) is 0.162. The molecule has 0 bridgehead atoms. The molecular weight excluding hydrogens is 637 g/mol. The van der Waals surface area contributed by atoms with E-state index in [9.17, 15) is 0 Å². The zero-order valence-electron chi connectivity index (χ0n) is 31.1. The van der Waals surface area contributed by atoms with Gasteiger partial charge in [0.15, 0.2) is 0 Å². The summed E-state index contributed by atoms with van der Waals surface area (Å²) in [5.41, 5.74) is 18.5. The lowest BCUT2D eigenvalue weighted by Crippen LogP contribution is -2.14. The van der Waals surface area contributed by atoms with Gasteiger partial charge in [0.05, 0.1) is 0 Å². The Balaban J connectivity index is 0.00000183. The van der Waals surface area contributed by atoms with E-state index in [1.807, 2.05) is 13.8 Å². The molecule has 0 fully saturated rings. The summed E-state index contributed by atoms with van der Waals surface area (Å²) in [6.07, 6.45) is 6.85. The second-order valence-corrected chi connectivity index (χ2v) is 14.7. The standard InChI is InChI=1S/C51H38.C2H6/c1-51(2)47-24-10-9-18-41(47)42-30-29-37(32-48(42)51)36-15-11-16-38(31-36)50-45-21-7-5-19-43(45)49(44-20-6-8-22-46(44)50)35-27-25-34(26-28-35)40-23-12-14-33-13-3-4-17-39(33)40;1-2/h4-12,14-32H,3,13H2,1-2H3;1-2H3. The topological polar surface area (TPSA) is 0 Å². The average molecular weight is 681 g/mol. The van der Waals surface area contributed by atoms with Crippen molar-refractivity contribution in [1.29, 1.82) is 0 Å². The lowest BCUT2D eigenvalue weighted by atomic mass is 9.81. The molecule has 8 aromatic rings. The third-order valence-corrected chi connectivity index (χ3v) is 11.5. The summed E-state index contributed by atoms with van der Waals surface area (Å²) in [7, 11) is 0. The van der Waals surface area contributed by atoms with Crippen molar-refractivity contribution < 1.29 is 0 Å². The van der Waals surface area contributed by atoms with Crippen molar-refractivity contribution in [2.24, 2.45) is 0 Å². The van der Waals surface area contributed by atoms with Crippen LogP contribution in [0.1, 0.15) is 56.4 Å². The van der Waals surface area contributed by atoms with Crippen LogP contribution in [-0.2, 0) is 11.8 Å². The number of aryl methyl sites for hydroxylation is 1. The Morgan fingerprint density at radius 3 is 1.66 bits per heavy atom. The first-order valence-corrected chi connectivity index (χ1v) is 19.2. The van der Waals surface area contributed by atoms with E-state index < -0.39 is 0 Å². The minimum atomic E-state index is -0.0302. The second kappa shape index (κ2) is 13.2. The zero-order valence-corrected chi connectivity index (χ0v) is 31.1. The van der Waals surface area contributed by atoms with Crippen LogP contribution in [0.4, 0.5) is 0 Å². The van der Waals surface area contributed by atoms with Crippen LogP contribution in [0, 0.1) is 0 Å². The summed E-state index contributed by atoms with van der Waals surface area (Å²) in [4.78, 5) is 0. The molecule has 0 aliphatic heterocycles. The molecule has 0 saturated heterocycles. The van der Waals surface area contributed by atoms with Crippen LogP contribution in [-0.4, -0.2) is 0 Å². The summed E-state index contributed by atoms with van der Waals surface area (Å²) in [5.74, 6) is 0. The highest BCUT2D eigenvalue weighted by molar-refractivity contribution is 6.21. The smallest absolute Gasteiger partial charge is 0.0159 e. The lowest BCUT2D eigenvalue weighted by Gasteiger charge is -2.22. The summed E-state index contributed by atoms with van der Waals surface area (Å²) < 4.78 is 0. The Kier molecular flexibility index (Phi) is 8.20. The molecule has 0 nitrogen and oxygen atoms in total. The SMILES string of the molecule is CC.CC1(C)c2ccccc2-c2ccc(-c3cccc(-c4c5ccccc5c(-c5ccc(-c6cccc7c6C=CCC7)cc5)c5ccccc45)c3)cc21. The zero-order chi connectivity index (χ0) is 36.1. The first-order chi connectivity index (χ1) is 26.1. The first-order valence-electron chi connectivity index (χ1n) is 19.2. The van der Waals surface area contributed by atoms with Gasteiger partial charge >= 0.3 is 0 Å². The fourth-order valence-corrected chi connectivity index (χ4v) is 9.02. The van der Waals surface area contributed by atoms with E-state index in [0.29, 0.717) is 0 Å². The van der Waals surface area contributed by atoms with Crippen molar-refractivity contribution >= 4 is 27.6 Å². The van der Waals surface area contributed by atoms with Gasteiger partial charge in [0.2, 0.25) is 0 Å². The number of fused-ring (bicyclic) bond motifs is 6. The predicted molar refractivity (Wildman–Crippen MR) is 229 cm³/mol. The molecule has 8 aromatic carbocycles. The molecular formula is C53H44. The van der Waals surface area contributed by atoms with E-state index in [1.54, 1.807) is 0 Å². The normalized spacial score (nSPS) is 13.6. The highest BCUT2D eigenvalue weighted by Gasteiger charge is 2.35. The molecule has 0 N–H and O–H groups in total. The summed E-state index contributed by atoms with van der Waals surface area (Å²) in [6, 6.07) is 59.1. The minimum Gasteiger partial charge on any atom is -0.0836 e. The van der Waals surface area contributed by atoms with Crippen molar-refractivity contribution in [2.45, 2.75) is 46.0 Å². The van der Waals surface area contributed by atoms with E-state index in [2.05, 4.69) is 184 Å². The molecule has 10 rings (SSSR count). The maximum atomic E-state index is 2.43. The van der Waals surface area contributed by atoms with Crippen LogP contribution in [0.2, 0.25) is 0 Å². The fraction of sp³-hybridized carbons (Fsp3) is 0.132. The highest BCUT2D eigenvalue weighted by atomic mass is 14.4. The third-order valence-electron chi connectivity index (χ3n) is 11.5. The van der Waals surface area contributed by atoms with Gasteiger partial charge in [0.25, 0.3) is 0 Å². The Hall–Kier alpha value is -5.98. The van der Waals surface area contributed by atoms with Crippen LogP contribution in [0.3, 0.4) is 0 Å². The minimum absolute atomic E-state index is 0.0302. The lowest BCUT2D eigenvalue weighted by molar-refractivity contribution is 0.660. The van der Waals surface area contributed by atoms with Gasteiger partial charge in [-0.25, -0.2) is 0 Å². The van der Waals surface area contributed by atoms with Crippen LogP contribution in [0.15, 0.2) is 164 Å². The van der Waals surface area contributed by atoms with Gasteiger partial charge in [-0.05, 0) is 124 Å². The van der Waals surface area contributed by atoms with Crippen LogP contribution >= 0.6 is 0 Å². The second-order valence-electron chi connectivity index (χ2n) is 14.7. The Labute approximate surface area is 314 Å². The van der Waals surface area contributed by atoms with Crippen molar-refractivity contribution in [3.8, 4) is 55.6 Å². The number of rotatable bonds is 4. The first kappa shape index (κ1) is 32.9. The molecule has 2 aliphatic rings. The number of allylic oxidation sites excluding steroid dienone is 1. The Morgan fingerprint density at radius 2 is 0.943 bits per heavy atom. The van der Waals surface area contributed by atoms with Crippen molar-refractivity contribution in [2.75, 3.05) is 0 Å². The molecule has 256 valence electrons. The fourth-order valence-electron chi connectivity index (χ4n) is 9.02. The molecule has 0 heterocycles. The summed E-state index contributed by atoms with van der Waals surface area (Å²) >= 11 is 0. The summed E-state index contributed by atoms with van der Waals surface area (Å²) in [6.45, 7) is 8.72. The maximum Gasteiger partial charge on any atom is 0.0159 e. The highest BCUT2D eigenvalue weighted by Crippen LogP contribution is 2.50. The van der Waals surface area contributed by atoms with E-state index in [4.69, 9.17) is 0 Å². The molecule has 0 unspecified atom stereocenters. The molecule has 0 spiro atoms. The Morgan fingerprint density at radius 1 is 0.415 bits per heavy atom. The van der Waals surface area contributed by atoms with Gasteiger partial charge in [-0.2, -0.15) is 0 Å². The molecule has 0 aromatic heterocycles. The summed E-state index contributed by atoms with van der Waals surface area (Å²) in [5, 5.41) is 5.11. The maximum absolute atomic E-state index is 2.43. The predicted octanol–water partition coefficient (Wildman–Crippen LogP) is 15.0. The average Bonchev–Trinajstić information content (AvgIpc) is 3.46. The van der Waals surface area contributed by atoms with Crippen molar-refractivity contribution in [1.82, 2.24) is 0 Å². The van der Waals surface area contributed by atoms with Crippen molar-refractivity contribution in [3.05, 3.63) is 186 Å². The van der Waals surface area contributed by atoms with Gasteiger partial charge in [-0.3, -0.25) is 0 Å². The Bertz CT molecular complexity index is 2640. The molecule has 0 atom stereocenters. The van der Waals surface area contributed by atoms with Crippen LogP contribution < -0.4 is 0 Å². The van der Waals surface area contributed by atoms with Gasteiger partial charge < -0.3 is 0 Å². The van der Waals surface area contributed by atoms with Crippen LogP contribution in [0.5, 0.6) is 0 Å². The van der Waals surface area contributed by atoms with Crippen LogP contribution in [0.25, 0.3) is 83.3 Å². The molecule has 0 heteroatoms. The monoisotopic (exact) mass is 680 g/mol. The largest absolute Gasteiger partial charge is 0.0836 e. The third kappa shape index (κ3) is 5.36.